The standard InChI is InChI=1S/C28H25F3O/c1-3-18-5-7-20(8-6-18)23-14-13-22(17-25(23)29)19-9-11-21(12-10-19)24-15-16-26(32-4-2)28(31)27(24)30/h3,7,9-18H,1,4-6,8H2,2H3. The van der Waals surface area contributed by atoms with E-state index in [0.29, 0.717) is 17.0 Å². The van der Waals surface area contributed by atoms with Gasteiger partial charge in [0.2, 0.25) is 5.82 Å². The van der Waals surface area contributed by atoms with E-state index in [1.54, 1.807) is 31.2 Å². The van der Waals surface area contributed by atoms with Gasteiger partial charge in [0.05, 0.1) is 6.61 Å². The Morgan fingerprint density at radius 2 is 1.59 bits per heavy atom. The summed E-state index contributed by atoms with van der Waals surface area (Å²) in [7, 11) is 0. The molecule has 1 aliphatic rings. The highest BCUT2D eigenvalue weighted by atomic mass is 19.2. The first-order valence-corrected chi connectivity index (χ1v) is 10.8. The molecule has 1 nitrogen and oxygen atoms in total. The Kier molecular flexibility index (Phi) is 6.50. The summed E-state index contributed by atoms with van der Waals surface area (Å²) in [5.74, 6) is -1.84. The second kappa shape index (κ2) is 9.47. The van der Waals surface area contributed by atoms with E-state index in [1.165, 1.54) is 18.2 Å². The van der Waals surface area contributed by atoms with Crippen molar-refractivity contribution in [2.75, 3.05) is 6.61 Å². The Bertz CT molecular complexity index is 1160. The van der Waals surface area contributed by atoms with Crippen LogP contribution >= 0.6 is 0 Å². The summed E-state index contributed by atoms with van der Waals surface area (Å²) < 4.78 is 48.7. The first-order chi connectivity index (χ1) is 15.5. The summed E-state index contributed by atoms with van der Waals surface area (Å²) in [6.45, 7) is 5.81. The SMILES string of the molecule is C=CC1CC=C(c2ccc(-c3ccc(-c4ccc(OCC)c(F)c4F)cc3)cc2F)CC1. The topological polar surface area (TPSA) is 9.23 Å². The highest BCUT2D eigenvalue weighted by Gasteiger charge is 2.17. The third-order valence-corrected chi connectivity index (χ3v) is 5.98. The van der Waals surface area contributed by atoms with Gasteiger partial charge in [0, 0.05) is 11.1 Å². The Labute approximate surface area is 186 Å². The fourth-order valence-electron chi connectivity index (χ4n) is 4.13. The quantitative estimate of drug-likeness (QED) is 0.355. The molecule has 0 aliphatic heterocycles. The number of ether oxygens (including phenoxy) is 1. The predicted octanol–water partition coefficient (Wildman–Crippen LogP) is 8.21. The first kappa shape index (κ1) is 21.9. The summed E-state index contributed by atoms with van der Waals surface area (Å²) in [4.78, 5) is 0. The van der Waals surface area contributed by atoms with Crippen molar-refractivity contribution in [1.82, 2.24) is 0 Å². The highest BCUT2D eigenvalue weighted by molar-refractivity contribution is 5.74. The lowest BCUT2D eigenvalue weighted by Gasteiger charge is -2.19. The van der Waals surface area contributed by atoms with E-state index in [-0.39, 0.29) is 23.7 Å². The molecule has 0 aromatic heterocycles. The Hall–Kier alpha value is -3.27. The second-order valence-electron chi connectivity index (χ2n) is 7.94. The second-order valence-corrected chi connectivity index (χ2v) is 7.94. The zero-order valence-electron chi connectivity index (χ0n) is 18.0. The molecule has 0 bridgehead atoms. The van der Waals surface area contributed by atoms with Gasteiger partial charge in [-0.1, -0.05) is 48.6 Å². The van der Waals surface area contributed by atoms with Crippen LogP contribution in [0.1, 0.15) is 31.7 Å². The van der Waals surface area contributed by atoms with Crippen LogP contribution in [0.2, 0.25) is 0 Å². The van der Waals surface area contributed by atoms with E-state index in [9.17, 15) is 13.2 Å². The summed E-state index contributed by atoms with van der Waals surface area (Å²) >= 11 is 0. The van der Waals surface area contributed by atoms with E-state index in [1.807, 2.05) is 18.2 Å². The van der Waals surface area contributed by atoms with Crippen molar-refractivity contribution in [3.05, 3.63) is 96.3 Å². The molecule has 1 atom stereocenters. The molecule has 0 radical (unpaired) electrons. The summed E-state index contributed by atoms with van der Waals surface area (Å²) in [6, 6.07) is 15.2. The smallest absolute Gasteiger partial charge is 0.201 e. The average Bonchev–Trinajstić information content (AvgIpc) is 2.82. The molecule has 0 N–H and O–H groups in total. The van der Waals surface area contributed by atoms with Crippen LogP contribution in [0.3, 0.4) is 0 Å². The van der Waals surface area contributed by atoms with Crippen LogP contribution in [0.25, 0.3) is 27.8 Å². The number of halogens is 3. The summed E-state index contributed by atoms with van der Waals surface area (Å²) in [5, 5.41) is 0. The van der Waals surface area contributed by atoms with Gasteiger partial charge in [-0.25, -0.2) is 8.78 Å². The number of benzene rings is 3. The van der Waals surface area contributed by atoms with E-state index in [0.717, 1.165) is 36.0 Å². The van der Waals surface area contributed by atoms with Crippen LogP contribution in [0.15, 0.2) is 73.3 Å². The van der Waals surface area contributed by atoms with Gasteiger partial charge in [-0.15, -0.1) is 6.58 Å². The molecular formula is C28H25F3O. The van der Waals surface area contributed by atoms with Crippen molar-refractivity contribution in [3.8, 4) is 28.0 Å². The maximum Gasteiger partial charge on any atom is 0.201 e. The largest absolute Gasteiger partial charge is 0.491 e. The minimum atomic E-state index is -0.998. The van der Waals surface area contributed by atoms with E-state index >= 15 is 0 Å². The Morgan fingerprint density at radius 1 is 0.906 bits per heavy atom. The average molecular weight is 435 g/mol. The molecule has 3 aromatic carbocycles. The molecule has 4 rings (SSSR count). The van der Waals surface area contributed by atoms with Crippen LogP contribution in [-0.2, 0) is 0 Å². The number of allylic oxidation sites excluding steroid dienone is 3. The Balaban J connectivity index is 1.57. The fraction of sp³-hybridized carbons (Fsp3) is 0.214. The molecule has 164 valence electrons. The molecule has 32 heavy (non-hydrogen) atoms. The van der Waals surface area contributed by atoms with Gasteiger partial charge in [0.15, 0.2) is 11.6 Å². The van der Waals surface area contributed by atoms with Crippen molar-refractivity contribution in [1.29, 1.82) is 0 Å². The minimum absolute atomic E-state index is 0.103. The van der Waals surface area contributed by atoms with Crippen LogP contribution in [-0.4, -0.2) is 6.61 Å². The lowest BCUT2D eigenvalue weighted by Crippen LogP contribution is -2.03. The van der Waals surface area contributed by atoms with Gasteiger partial charge in [0.1, 0.15) is 5.82 Å². The van der Waals surface area contributed by atoms with Gasteiger partial charge in [-0.3, -0.25) is 0 Å². The molecule has 0 spiro atoms. The molecule has 3 aromatic rings. The van der Waals surface area contributed by atoms with Crippen molar-refractivity contribution >= 4 is 5.57 Å². The number of hydrogen-bond acceptors (Lipinski definition) is 1. The van der Waals surface area contributed by atoms with Crippen LogP contribution < -0.4 is 4.74 Å². The molecule has 4 heteroatoms. The lowest BCUT2D eigenvalue weighted by molar-refractivity contribution is 0.314. The molecule has 0 heterocycles. The molecule has 0 fully saturated rings. The zero-order valence-corrected chi connectivity index (χ0v) is 18.0. The molecule has 0 saturated heterocycles. The van der Waals surface area contributed by atoms with Crippen molar-refractivity contribution in [2.24, 2.45) is 5.92 Å². The lowest BCUT2D eigenvalue weighted by atomic mass is 9.86. The summed E-state index contributed by atoms with van der Waals surface area (Å²) in [6.07, 6.45) is 6.79. The van der Waals surface area contributed by atoms with Crippen molar-refractivity contribution < 1.29 is 17.9 Å². The first-order valence-electron chi connectivity index (χ1n) is 10.8. The predicted molar refractivity (Wildman–Crippen MR) is 124 cm³/mol. The van der Waals surface area contributed by atoms with Crippen LogP contribution in [0.5, 0.6) is 5.75 Å². The van der Waals surface area contributed by atoms with Gasteiger partial charge in [0.25, 0.3) is 0 Å². The van der Waals surface area contributed by atoms with Gasteiger partial charge in [-0.05, 0) is 72.6 Å². The van der Waals surface area contributed by atoms with Gasteiger partial charge < -0.3 is 4.74 Å². The van der Waals surface area contributed by atoms with Crippen LogP contribution in [0.4, 0.5) is 13.2 Å². The van der Waals surface area contributed by atoms with Gasteiger partial charge >= 0.3 is 0 Å². The third-order valence-electron chi connectivity index (χ3n) is 5.98. The van der Waals surface area contributed by atoms with E-state index in [4.69, 9.17) is 4.74 Å². The number of rotatable bonds is 6. The molecule has 1 aliphatic carbocycles. The van der Waals surface area contributed by atoms with Crippen molar-refractivity contribution in [2.45, 2.75) is 26.2 Å². The normalized spacial score (nSPS) is 15.9. The third kappa shape index (κ3) is 4.36. The highest BCUT2D eigenvalue weighted by Crippen LogP contribution is 2.35. The van der Waals surface area contributed by atoms with Crippen molar-refractivity contribution in [3.63, 3.8) is 0 Å². The minimum Gasteiger partial charge on any atom is -0.491 e. The summed E-state index contributed by atoms with van der Waals surface area (Å²) in [5.41, 5.74) is 3.90. The molecular weight excluding hydrogens is 409 g/mol. The van der Waals surface area contributed by atoms with Crippen LogP contribution in [0, 0.1) is 23.4 Å². The zero-order chi connectivity index (χ0) is 22.7. The number of hydrogen-bond donors (Lipinski definition) is 0. The van der Waals surface area contributed by atoms with Gasteiger partial charge in [-0.2, -0.15) is 4.39 Å². The fourth-order valence-corrected chi connectivity index (χ4v) is 4.13. The molecule has 0 amide bonds. The van der Waals surface area contributed by atoms with E-state index < -0.39 is 11.6 Å². The molecule has 1 unspecified atom stereocenters. The molecule has 0 saturated carbocycles. The Morgan fingerprint density at radius 3 is 2.22 bits per heavy atom. The monoisotopic (exact) mass is 434 g/mol. The maximum atomic E-state index is 14.9. The van der Waals surface area contributed by atoms with E-state index in [2.05, 4.69) is 12.7 Å². The maximum absolute atomic E-state index is 14.9.